The van der Waals surface area contributed by atoms with Crippen molar-refractivity contribution >= 4 is 11.0 Å². The number of aromatic nitrogens is 3. The summed E-state index contributed by atoms with van der Waals surface area (Å²) in [6, 6.07) is 10.1. The lowest BCUT2D eigenvalue weighted by atomic mass is 10.2. The van der Waals surface area contributed by atoms with E-state index >= 15 is 0 Å². The van der Waals surface area contributed by atoms with Gasteiger partial charge in [0.05, 0.1) is 11.6 Å². The zero-order valence-corrected chi connectivity index (χ0v) is 13.4. The molecule has 1 unspecified atom stereocenters. The third-order valence-corrected chi connectivity index (χ3v) is 4.40. The van der Waals surface area contributed by atoms with E-state index in [0.29, 0.717) is 12.4 Å². The minimum atomic E-state index is 0.230. The number of likely N-dealkylation sites (tertiary alicyclic amines) is 1. The summed E-state index contributed by atoms with van der Waals surface area (Å²) in [4.78, 5) is 10.5. The molecule has 1 aliphatic rings. The molecule has 4 rings (SSSR count). The largest absolute Gasteiger partial charge is 0.437 e. The van der Waals surface area contributed by atoms with Gasteiger partial charge >= 0.3 is 0 Å². The van der Waals surface area contributed by atoms with Crippen molar-refractivity contribution in [3.8, 4) is 17.8 Å². The second-order valence-electron chi connectivity index (χ2n) is 6.04. The van der Waals surface area contributed by atoms with Gasteiger partial charge in [0.2, 0.25) is 5.88 Å². The van der Waals surface area contributed by atoms with E-state index in [2.05, 4.69) is 20.7 Å². The molecule has 3 aromatic rings. The Kier molecular flexibility index (Phi) is 3.54. The Balaban J connectivity index is 1.72. The van der Waals surface area contributed by atoms with Crippen molar-refractivity contribution in [2.75, 3.05) is 13.1 Å². The van der Waals surface area contributed by atoms with Crippen LogP contribution in [0.1, 0.15) is 18.0 Å². The van der Waals surface area contributed by atoms with Crippen molar-refractivity contribution in [3.05, 3.63) is 48.4 Å². The maximum Gasteiger partial charge on any atom is 0.247 e. The Labute approximate surface area is 139 Å². The first-order valence-electron chi connectivity index (χ1n) is 7.95. The molecule has 0 bridgehead atoms. The lowest BCUT2D eigenvalue weighted by molar-refractivity contribution is 0.442. The smallest absolute Gasteiger partial charge is 0.247 e. The summed E-state index contributed by atoms with van der Waals surface area (Å²) < 4.78 is 8.14. The van der Waals surface area contributed by atoms with Gasteiger partial charge in [0.15, 0.2) is 6.19 Å². The monoisotopic (exact) mass is 319 g/mol. The number of benzene rings is 1. The van der Waals surface area contributed by atoms with Crippen molar-refractivity contribution in [2.45, 2.75) is 19.4 Å². The first kappa shape index (κ1) is 14.5. The van der Waals surface area contributed by atoms with E-state index in [-0.39, 0.29) is 6.04 Å². The fraction of sp³-hybridized carbons (Fsp3) is 0.278. The molecule has 0 aliphatic carbocycles. The van der Waals surface area contributed by atoms with Gasteiger partial charge in [-0.2, -0.15) is 10.2 Å². The lowest BCUT2D eigenvalue weighted by Gasteiger charge is -2.15. The number of fused-ring (bicyclic) bond motifs is 1. The van der Waals surface area contributed by atoms with Crippen molar-refractivity contribution < 1.29 is 4.74 Å². The van der Waals surface area contributed by atoms with Gasteiger partial charge in [-0.05, 0) is 31.5 Å². The summed E-state index contributed by atoms with van der Waals surface area (Å²) in [5, 5.41) is 9.08. The van der Waals surface area contributed by atoms with Crippen LogP contribution in [0.3, 0.4) is 0 Å². The van der Waals surface area contributed by atoms with Crippen LogP contribution in [0.15, 0.2) is 42.9 Å². The third-order valence-electron chi connectivity index (χ3n) is 4.40. The maximum absolute atomic E-state index is 9.08. The average molecular weight is 319 g/mol. The van der Waals surface area contributed by atoms with E-state index in [1.165, 1.54) is 11.9 Å². The molecule has 3 heterocycles. The number of nitriles is 1. The minimum Gasteiger partial charge on any atom is -0.437 e. The predicted octanol–water partition coefficient (Wildman–Crippen LogP) is 3.26. The molecular weight excluding hydrogens is 302 g/mol. The Hall–Kier alpha value is -3.07. The van der Waals surface area contributed by atoms with Crippen LogP contribution in [0, 0.1) is 18.4 Å². The summed E-state index contributed by atoms with van der Waals surface area (Å²) in [5.41, 5.74) is 2.91. The van der Waals surface area contributed by atoms with Crippen LogP contribution in [-0.4, -0.2) is 32.5 Å². The third kappa shape index (κ3) is 2.54. The molecule has 0 spiro atoms. The summed E-state index contributed by atoms with van der Waals surface area (Å²) in [5.74, 6) is 1.29. The molecule has 0 amide bonds. The zero-order chi connectivity index (χ0) is 16.5. The quantitative estimate of drug-likeness (QED) is 0.693. The first-order valence-corrected chi connectivity index (χ1v) is 7.95. The Morgan fingerprint density at radius 3 is 2.79 bits per heavy atom. The normalized spacial score (nSPS) is 17.2. The van der Waals surface area contributed by atoms with E-state index in [9.17, 15) is 0 Å². The number of ether oxygens (including phenoxy) is 1. The van der Waals surface area contributed by atoms with Gasteiger partial charge in [-0.25, -0.2) is 4.98 Å². The predicted molar refractivity (Wildman–Crippen MR) is 89.6 cm³/mol. The molecule has 1 aliphatic heterocycles. The summed E-state index contributed by atoms with van der Waals surface area (Å²) >= 11 is 0. The summed E-state index contributed by atoms with van der Waals surface area (Å²) in [6.07, 6.45) is 6.68. The molecule has 1 aromatic carbocycles. The molecule has 6 nitrogen and oxygen atoms in total. The second-order valence-corrected chi connectivity index (χ2v) is 6.04. The van der Waals surface area contributed by atoms with Gasteiger partial charge in [-0.3, -0.25) is 0 Å². The van der Waals surface area contributed by atoms with Crippen LogP contribution < -0.4 is 4.74 Å². The highest BCUT2D eigenvalue weighted by Crippen LogP contribution is 2.32. The highest BCUT2D eigenvalue weighted by molar-refractivity contribution is 5.81. The van der Waals surface area contributed by atoms with Gasteiger partial charge in [-0.15, -0.1) is 0 Å². The molecule has 1 saturated heterocycles. The molecule has 1 fully saturated rings. The molecule has 0 N–H and O–H groups in total. The van der Waals surface area contributed by atoms with E-state index in [0.717, 1.165) is 29.7 Å². The standard InChI is InChI=1S/C18H17N5O/c1-13-2-4-15(5-3-13)24-18-17-16(20-12-21-18)7-9-23(17)14-6-8-22(10-14)11-19/h2-5,7,9,12,14H,6,8,10H2,1H3. The van der Waals surface area contributed by atoms with Gasteiger partial charge in [0.1, 0.15) is 17.6 Å². The topological polar surface area (TPSA) is 67.0 Å². The Bertz CT molecular complexity index is 909. The fourth-order valence-electron chi connectivity index (χ4n) is 3.12. The van der Waals surface area contributed by atoms with Crippen LogP contribution in [0.4, 0.5) is 0 Å². The van der Waals surface area contributed by atoms with Gasteiger partial charge < -0.3 is 14.2 Å². The number of aryl methyl sites for hydroxylation is 1. The average Bonchev–Trinajstić information content (AvgIpc) is 3.23. The first-order chi connectivity index (χ1) is 11.7. The van der Waals surface area contributed by atoms with Crippen LogP contribution >= 0.6 is 0 Å². The number of hydrogen-bond acceptors (Lipinski definition) is 5. The van der Waals surface area contributed by atoms with Gasteiger partial charge in [0.25, 0.3) is 0 Å². The Morgan fingerprint density at radius 2 is 2.04 bits per heavy atom. The van der Waals surface area contributed by atoms with Crippen LogP contribution in [0.5, 0.6) is 11.6 Å². The van der Waals surface area contributed by atoms with E-state index in [1.54, 1.807) is 4.90 Å². The molecule has 0 saturated carbocycles. The molecule has 1 atom stereocenters. The van der Waals surface area contributed by atoms with E-state index in [4.69, 9.17) is 10.00 Å². The molecule has 6 heteroatoms. The molecular formula is C18H17N5O. The van der Waals surface area contributed by atoms with Crippen LogP contribution in [0.2, 0.25) is 0 Å². The van der Waals surface area contributed by atoms with Crippen molar-refractivity contribution in [3.63, 3.8) is 0 Å². The number of hydrogen-bond donors (Lipinski definition) is 0. The molecule has 2 aromatic heterocycles. The second kappa shape index (κ2) is 5.85. The van der Waals surface area contributed by atoms with Gasteiger partial charge in [0, 0.05) is 19.3 Å². The highest BCUT2D eigenvalue weighted by atomic mass is 16.5. The van der Waals surface area contributed by atoms with Crippen molar-refractivity contribution in [1.29, 1.82) is 5.26 Å². The number of nitrogens with zero attached hydrogens (tertiary/aromatic N) is 5. The minimum absolute atomic E-state index is 0.230. The highest BCUT2D eigenvalue weighted by Gasteiger charge is 2.25. The van der Waals surface area contributed by atoms with Crippen LogP contribution in [-0.2, 0) is 0 Å². The van der Waals surface area contributed by atoms with Crippen molar-refractivity contribution in [1.82, 2.24) is 19.4 Å². The molecule has 24 heavy (non-hydrogen) atoms. The van der Waals surface area contributed by atoms with Gasteiger partial charge in [-0.1, -0.05) is 17.7 Å². The summed E-state index contributed by atoms with van der Waals surface area (Å²) in [7, 11) is 0. The van der Waals surface area contributed by atoms with Crippen LogP contribution in [0.25, 0.3) is 11.0 Å². The molecule has 0 radical (unpaired) electrons. The molecule has 120 valence electrons. The fourth-order valence-corrected chi connectivity index (χ4v) is 3.12. The number of rotatable bonds is 3. The van der Waals surface area contributed by atoms with E-state index in [1.807, 2.05) is 43.5 Å². The maximum atomic E-state index is 9.08. The van der Waals surface area contributed by atoms with E-state index < -0.39 is 0 Å². The SMILES string of the molecule is Cc1ccc(Oc2ncnc3ccn(C4CCN(C#N)C4)c23)cc1. The van der Waals surface area contributed by atoms with Crippen molar-refractivity contribution in [2.24, 2.45) is 0 Å². The Morgan fingerprint density at radius 1 is 1.21 bits per heavy atom. The zero-order valence-electron chi connectivity index (χ0n) is 13.4. The summed E-state index contributed by atoms with van der Waals surface area (Å²) in [6.45, 7) is 3.53. The lowest BCUT2D eigenvalue weighted by Crippen LogP contribution is -2.15.